The van der Waals surface area contributed by atoms with E-state index in [2.05, 4.69) is 13.8 Å². The molecule has 0 amide bonds. The molecule has 1 aromatic carbocycles. The van der Waals surface area contributed by atoms with Crippen LogP contribution in [0, 0.1) is 10.1 Å². The highest BCUT2D eigenvalue weighted by Crippen LogP contribution is 2.52. The number of nitro groups is 1. The first-order chi connectivity index (χ1) is 8.07. The van der Waals surface area contributed by atoms with Gasteiger partial charge in [0, 0.05) is 23.6 Å². The van der Waals surface area contributed by atoms with Crippen molar-refractivity contribution in [1.29, 1.82) is 0 Å². The predicted octanol–water partition coefficient (Wildman–Crippen LogP) is 3.81. The van der Waals surface area contributed by atoms with Gasteiger partial charge in [-0.15, -0.1) is 23.5 Å². The van der Waals surface area contributed by atoms with E-state index in [1.807, 2.05) is 29.6 Å². The molecule has 3 nitrogen and oxygen atoms in total. The number of nitro benzene ring substituents is 1. The Bertz CT molecular complexity index is 442. The second kappa shape index (κ2) is 4.90. The first-order valence-corrected chi connectivity index (χ1v) is 7.59. The molecule has 1 aromatic rings. The first-order valence-electron chi connectivity index (χ1n) is 5.62. The maximum absolute atomic E-state index is 10.9. The molecule has 0 aromatic heterocycles. The maximum Gasteiger partial charge on any atom is 0.269 e. The fraction of sp³-hybridized carbons (Fsp3) is 0.500. The Kier molecular flexibility index (Phi) is 3.68. The zero-order chi connectivity index (χ0) is 12.5. The lowest BCUT2D eigenvalue weighted by Gasteiger charge is -2.24. The van der Waals surface area contributed by atoms with Crippen molar-refractivity contribution in [1.82, 2.24) is 0 Å². The standard InChI is InChI=1S/C12H15NO2S2/c1-3-9-4-5-10(13(14)15)8-11(9)12(2)16-6-7-17-12/h4-5,8H,3,6-7H2,1-2H3. The third-order valence-corrected chi connectivity index (χ3v) is 6.34. The Labute approximate surface area is 110 Å². The summed E-state index contributed by atoms with van der Waals surface area (Å²) in [7, 11) is 0. The number of non-ortho nitro benzene ring substituents is 1. The zero-order valence-corrected chi connectivity index (χ0v) is 11.6. The van der Waals surface area contributed by atoms with E-state index in [1.165, 1.54) is 5.56 Å². The smallest absolute Gasteiger partial charge is 0.258 e. The van der Waals surface area contributed by atoms with Crippen LogP contribution < -0.4 is 0 Å². The van der Waals surface area contributed by atoms with Crippen LogP contribution in [0.5, 0.6) is 0 Å². The van der Waals surface area contributed by atoms with Crippen molar-refractivity contribution in [3.63, 3.8) is 0 Å². The van der Waals surface area contributed by atoms with Gasteiger partial charge in [-0.2, -0.15) is 0 Å². The van der Waals surface area contributed by atoms with E-state index in [4.69, 9.17) is 0 Å². The summed E-state index contributed by atoms with van der Waals surface area (Å²) in [5, 5.41) is 10.9. The summed E-state index contributed by atoms with van der Waals surface area (Å²) in [5.41, 5.74) is 2.55. The summed E-state index contributed by atoms with van der Waals surface area (Å²) < 4.78 is -0.0165. The lowest BCUT2D eigenvalue weighted by Crippen LogP contribution is -2.12. The molecule has 1 heterocycles. The zero-order valence-electron chi connectivity index (χ0n) is 9.93. The second-order valence-corrected chi connectivity index (χ2v) is 7.38. The first kappa shape index (κ1) is 12.8. The molecule has 0 atom stereocenters. The lowest BCUT2D eigenvalue weighted by atomic mass is 10.0. The molecule has 1 saturated heterocycles. The van der Waals surface area contributed by atoms with E-state index in [1.54, 1.807) is 12.1 Å². The third-order valence-electron chi connectivity index (χ3n) is 3.01. The van der Waals surface area contributed by atoms with Crippen molar-refractivity contribution in [3.05, 3.63) is 39.4 Å². The Morgan fingerprint density at radius 2 is 2.06 bits per heavy atom. The van der Waals surface area contributed by atoms with Gasteiger partial charge in [0.25, 0.3) is 5.69 Å². The summed E-state index contributed by atoms with van der Waals surface area (Å²) in [5.74, 6) is 2.24. The van der Waals surface area contributed by atoms with E-state index < -0.39 is 0 Å². The van der Waals surface area contributed by atoms with Gasteiger partial charge in [-0.05, 0) is 24.5 Å². The molecule has 1 aliphatic rings. The second-order valence-electron chi connectivity index (χ2n) is 4.09. The minimum absolute atomic E-state index is 0.0165. The molecule has 0 spiro atoms. The van der Waals surface area contributed by atoms with Gasteiger partial charge in [-0.25, -0.2) is 0 Å². The van der Waals surface area contributed by atoms with Crippen LogP contribution in [0.1, 0.15) is 25.0 Å². The summed E-state index contributed by atoms with van der Waals surface area (Å²) in [4.78, 5) is 10.6. The lowest BCUT2D eigenvalue weighted by molar-refractivity contribution is -0.384. The van der Waals surface area contributed by atoms with E-state index in [9.17, 15) is 10.1 Å². The Balaban J connectivity index is 2.49. The van der Waals surface area contributed by atoms with Gasteiger partial charge in [-0.3, -0.25) is 10.1 Å². The van der Waals surface area contributed by atoms with Crippen LogP contribution in [0.2, 0.25) is 0 Å². The Morgan fingerprint density at radius 3 is 2.59 bits per heavy atom. The van der Waals surface area contributed by atoms with Crippen molar-refractivity contribution >= 4 is 29.2 Å². The molecule has 0 radical (unpaired) electrons. The van der Waals surface area contributed by atoms with E-state index in [0.29, 0.717) is 0 Å². The highest BCUT2D eigenvalue weighted by molar-refractivity contribution is 8.20. The molecule has 0 unspecified atom stereocenters. The highest BCUT2D eigenvalue weighted by atomic mass is 32.2. The molecule has 0 aliphatic carbocycles. The van der Waals surface area contributed by atoms with Crippen LogP contribution in [-0.4, -0.2) is 16.4 Å². The van der Waals surface area contributed by atoms with Crippen LogP contribution in [0.25, 0.3) is 0 Å². The summed E-state index contributed by atoms with van der Waals surface area (Å²) in [6, 6.07) is 5.26. The average Bonchev–Trinajstić information content (AvgIpc) is 2.76. The van der Waals surface area contributed by atoms with Crippen molar-refractivity contribution in [3.8, 4) is 0 Å². The van der Waals surface area contributed by atoms with E-state index in [0.717, 1.165) is 23.5 Å². The van der Waals surface area contributed by atoms with Crippen LogP contribution in [0.4, 0.5) is 5.69 Å². The van der Waals surface area contributed by atoms with Crippen molar-refractivity contribution in [2.45, 2.75) is 24.3 Å². The number of nitrogens with zero attached hydrogens (tertiary/aromatic N) is 1. The molecule has 1 aliphatic heterocycles. The molecule has 17 heavy (non-hydrogen) atoms. The van der Waals surface area contributed by atoms with Crippen molar-refractivity contribution in [2.24, 2.45) is 0 Å². The minimum atomic E-state index is -0.309. The van der Waals surface area contributed by atoms with E-state index in [-0.39, 0.29) is 14.7 Å². The Hall–Kier alpha value is -0.680. The predicted molar refractivity (Wildman–Crippen MR) is 74.7 cm³/mol. The number of thioether (sulfide) groups is 2. The number of benzene rings is 1. The quantitative estimate of drug-likeness (QED) is 0.618. The molecule has 0 saturated carbocycles. The summed E-state index contributed by atoms with van der Waals surface area (Å²) in [6.07, 6.45) is 0.921. The van der Waals surface area contributed by atoms with Crippen molar-refractivity contribution in [2.75, 3.05) is 11.5 Å². The van der Waals surface area contributed by atoms with Gasteiger partial charge in [0.15, 0.2) is 0 Å². The van der Waals surface area contributed by atoms with Gasteiger partial charge in [-0.1, -0.05) is 13.0 Å². The fourth-order valence-corrected chi connectivity index (χ4v) is 5.05. The van der Waals surface area contributed by atoms with Crippen molar-refractivity contribution < 1.29 is 4.92 Å². The average molecular weight is 269 g/mol. The summed E-state index contributed by atoms with van der Waals surface area (Å²) in [6.45, 7) is 4.27. The van der Waals surface area contributed by atoms with Gasteiger partial charge >= 0.3 is 0 Å². The molecular formula is C12H15NO2S2. The van der Waals surface area contributed by atoms with Crippen LogP contribution in [0.15, 0.2) is 18.2 Å². The van der Waals surface area contributed by atoms with Crippen LogP contribution >= 0.6 is 23.5 Å². The maximum atomic E-state index is 10.9. The molecule has 5 heteroatoms. The SMILES string of the molecule is CCc1ccc([N+](=O)[O-])cc1C1(C)SCCS1. The number of aryl methyl sites for hydroxylation is 1. The normalized spacial score (nSPS) is 18.2. The Morgan fingerprint density at radius 1 is 1.41 bits per heavy atom. The third kappa shape index (κ3) is 2.45. The topological polar surface area (TPSA) is 43.1 Å². The van der Waals surface area contributed by atoms with E-state index >= 15 is 0 Å². The number of hydrogen-bond donors (Lipinski definition) is 0. The van der Waals surface area contributed by atoms with Crippen LogP contribution in [0.3, 0.4) is 0 Å². The number of hydrogen-bond acceptors (Lipinski definition) is 4. The number of rotatable bonds is 3. The monoisotopic (exact) mass is 269 g/mol. The summed E-state index contributed by atoms with van der Waals surface area (Å²) >= 11 is 3.78. The molecule has 0 bridgehead atoms. The molecule has 92 valence electrons. The van der Waals surface area contributed by atoms with Gasteiger partial charge in [0.05, 0.1) is 9.00 Å². The highest BCUT2D eigenvalue weighted by Gasteiger charge is 2.34. The fourth-order valence-electron chi connectivity index (χ4n) is 2.08. The molecule has 2 rings (SSSR count). The van der Waals surface area contributed by atoms with Gasteiger partial charge in [0.1, 0.15) is 0 Å². The molecule has 0 N–H and O–H groups in total. The largest absolute Gasteiger partial charge is 0.269 e. The minimum Gasteiger partial charge on any atom is -0.258 e. The molecule has 1 fully saturated rings. The van der Waals surface area contributed by atoms with Gasteiger partial charge < -0.3 is 0 Å². The van der Waals surface area contributed by atoms with Crippen LogP contribution in [-0.2, 0) is 10.5 Å². The van der Waals surface area contributed by atoms with Gasteiger partial charge in [0.2, 0.25) is 0 Å². The molecular weight excluding hydrogens is 254 g/mol.